The highest BCUT2D eigenvalue weighted by atomic mass is 19.4. The predicted octanol–water partition coefficient (Wildman–Crippen LogP) is 3.74. The van der Waals surface area contributed by atoms with Crippen molar-refractivity contribution in [3.8, 4) is 0 Å². The predicted molar refractivity (Wildman–Crippen MR) is 68.6 cm³/mol. The minimum Gasteiger partial charge on any atom is -0.369 e. The third kappa shape index (κ3) is 4.21. The zero-order valence-corrected chi connectivity index (χ0v) is 11.3. The molecule has 0 aliphatic rings. The van der Waals surface area contributed by atoms with Crippen LogP contribution in [0.1, 0.15) is 37.8 Å². The minimum absolute atomic E-state index is 0.142. The Hall–Kier alpha value is -1.07. The van der Waals surface area contributed by atoms with Gasteiger partial charge in [0.1, 0.15) is 0 Å². The molecule has 19 heavy (non-hydrogen) atoms. The molecule has 0 aromatic heterocycles. The van der Waals surface area contributed by atoms with Gasteiger partial charge in [-0.2, -0.15) is 13.2 Å². The van der Waals surface area contributed by atoms with E-state index in [0.29, 0.717) is 12.1 Å². The maximum Gasteiger partial charge on any atom is 0.416 e. The van der Waals surface area contributed by atoms with E-state index in [-0.39, 0.29) is 6.61 Å². The van der Waals surface area contributed by atoms with Crippen molar-refractivity contribution in [1.29, 1.82) is 0 Å². The molecule has 0 radical (unpaired) electrons. The second-order valence-corrected chi connectivity index (χ2v) is 4.58. The minimum atomic E-state index is -4.32. The van der Waals surface area contributed by atoms with E-state index in [0.717, 1.165) is 25.0 Å². The smallest absolute Gasteiger partial charge is 0.369 e. The van der Waals surface area contributed by atoms with Crippen molar-refractivity contribution in [3.05, 3.63) is 35.4 Å². The van der Waals surface area contributed by atoms with Crippen LogP contribution in [0.15, 0.2) is 24.3 Å². The Kier molecular flexibility index (Phi) is 5.38. The fraction of sp³-hybridized carbons (Fsp3) is 0.571. The Balaban J connectivity index is 2.78. The van der Waals surface area contributed by atoms with E-state index in [9.17, 15) is 13.2 Å². The topological polar surface area (TPSA) is 35.2 Å². The molecule has 0 aliphatic heterocycles. The SMILES string of the molecule is CCC(CC)(CN)OCc1cccc(C(F)(F)F)c1. The molecule has 0 atom stereocenters. The summed E-state index contributed by atoms with van der Waals surface area (Å²) in [5, 5.41) is 0. The number of benzene rings is 1. The number of hydrogen-bond donors (Lipinski definition) is 1. The molecule has 5 heteroatoms. The van der Waals surface area contributed by atoms with Crippen LogP contribution in [-0.2, 0) is 17.5 Å². The number of alkyl halides is 3. The first-order valence-corrected chi connectivity index (χ1v) is 6.37. The van der Waals surface area contributed by atoms with Crippen LogP contribution in [0.2, 0.25) is 0 Å². The molecule has 1 aromatic rings. The van der Waals surface area contributed by atoms with Crippen LogP contribution in [0.5, 0.6) is 0 Å². The van der Waals surface area contributed by atoms with Gasteiger partial charge in [-0.05, 0) is 30.5 Å². The van der Waals surface area contributed by atoms with E-state index >= 15 is 0 Å². The Morgan fingerprint density at radius 1 is 1.16 bits per heavy atom. The van der Waals surface area contributed by atoms with Crippen molar-refractivity contribution >= 4 is 0 Å². The molecule has 0 unspecified atom stereocenters. The zero-order valence-electron chi connectivity index (χ0n) is 11.3. The van der Waals surface area contributed by atoms with Crippen LogP contribution in [0.25, 0.3) is 0 Å². The van der Waals surface area contributed by atoms with Crippen LogP contribution in [0.3, 0.4) is 0 Å². The lowest BCUT2D eigenvalue weighted by Gasteiger charge is -2.30. The third-order valence-electron chi connectivity index (χ3n) is 3.46. The van der Waals surface area contributed by atoms with E-state index in [4.69, 9.17) is 10.5 Å². The standard InChI is InChI=1S/C14H20F3NO/c1-3-13(4-2,10-18)19-9-11-6-5-7-12(8-11)14(15,16)17/h5-8H,3-4,9-10,18H2,1-2H3. The second-order valence-electron chi connectivity index (χ2n) is 4.58. The van der Waals surface area contributed by atoms with Crippen molar-refractivity contribution < 1.29 is 17.9 Å². The van der Waals surface area contributed by atoms with Gasteiger partial charge in [-0.15, -0.1) is 0 Å². The molecule has 1 aromatic carbocycles. The normalized spacial score (nSPS) is 12.7. The van der Waals surface area contributed by atoms with Crippen molar-refractivity contribution in [3.63, 3.8) is 0 Å². The lowest BCUT2D eigenvalue weighted by molar-refractivity contribution is -0.137. The third-order valence-corrected chi connectivity index (χ3v) is 3.46. The van der Waals surface area contributed by atoms with Gasteiger partial charge in [0.15, 0.2) is 0 Å². The van der Waals surface area contributed by atoms with Gasteiger partial charge in [0.2, 0.25) is 0 Å². The largest absolute Gasteiger partial charge is 0.416 e. The molecule has 108 valence electrons. The molecule has 1 rings (SSSR count). The summed E-state index contributed by atoms with van der Waals surface area (Å²) >= 11 is 0. The fourth-order valence-electron chi connectivity index (χ4n) is 1.88. The van der Waals surface area contributed by atoms with Crippen LogP contribution in [0.4, 0.5) is 13.2 Å². The summed E-state index contributed by atoms with van der Waals surface area (Å²) in [6.45, 7) is 4.42. The molecule has 0 heterocycles. The van der Waals surface area contributed by atoms with Crippen molar-refractivity contribution in [2.24, 2.45) is 5.73 Å². The average Bonchev–Trinajstić information content (AvgIpc) is 2.40. The quantitative estimate of drug-likeness (QED) is 0.858. The number of ether oxygens (including phenoxy) is 1. The van der Waals surface area contributed by atoms with E-state index in [2.05, 4.69) is 0 Å². The summed E-state index contributed by atoms with van der Waals surface area (Å²) in [6, 6.07) is 5.19. The van der Waals surface area contributed by atoms with Gasteiger partial charge in [0.25, 0.3) is 0 Å². The molecule has 2 N–H and O–H groups in total. The lowest BCUT2D eigenvalue weighted by atomic mass is 9.97. The molecule has 2 nitrogen and oxygen atoms in total. The molecular weight excluding hydrogens is 255 g/mol. The molecular formula is C14H20F3NO. The van der Waals surface area contributed by atoms with Gasteiger partial charge >= 0.3 is 6.18 Å². The van der Waals surface area contributed by atoms with Crippen LogP contribution >= 0.6 is 0 Å². The maximum atomic E-state index is 12.6. The van der Waals surface area contributed by atoms with Gasteiger partial charge in [-0.25, -0.2) is 0 Å². The molecule has 0 spiro atoms. The number of nitrogens with two attached hydrogens (primary N) is 1. The maximum absolute atomic E-state index is 12.6. The molecule has 0 bridgehead atoms. The van der Waals surface area contributed by atoms with E-state index in [1.165, 1.54) is 6.07 Å². The Bertz CT molecular complexity index is 392. The number of halogens is 3. The van der Waals surface area contributed by atoms with Gasteiger partial charge in [0, 0.05) is 6.54 Å². The Labute approximate surface area is 111 Å². The van der Waals surface area contributed by atoms with E-state index < -0.39 is 17.3 Å². The first-order valence-electron chi connectivity index (χ1n) is 6.37. The second kappa shape index (κ2) is 6.39. The monoisotopic (exact) mass is 275 g/mol. The fourth-order valence-corrected chi connectivity index (χ4v) is 1.88. The Morgan fingerprint density at radius 2 is 1.79 bits per heavy atom. The summed E-state index contributed by atoms with van der Waals surface area (Å²) in [5.41, 5.74) is 5.09. The highest BCUT2D eigenvalue weighted by Crippen LogP contribution is 2.30. The van der Waals surface area contributed by atoms with Gasteiger partial charge in [0.05, 0.1) is 17.8 Å². The molecule has 0 amide bonds. The summed E-state index contributed by atoms with van der Waals surface area (Å²) in [5.74, 6) is 0. The molecule has 0 fully saturated rings. The highest BCUT2D eigenvalue weighted by molar-refractivity contribution is 5.25. The van der Waals surface area contributed by atoms with Crippen LogP contribution in [0, 0.1) is 0 Å². The van der Waals surface area contributed by atoms with Crippen molar-refractivity contribution in [2.75, 3.05) is 6.54 Å². The summed E-state index contributed by atoms with van der Waals surface area (Å²) in [7, 11) is 0. The van der Waals surface area contributed by atoms with Crippen molar-refractivity contribution in [2.45, 2.75) is 45.1 Å². The van der Waals surface area contributed by atoms with E-state index in [1.54, 1.807) is 6.07 Å². The molecule has 0 aliphatic carbocycles. The van der Waals surface area contributed by atoms with Crippen LogP contribution in [-0.4, -0.2) is 12.1 Å². The van der Waals surface area contributed by atoms with Crippen molar-refractivity contribution in [1.82, 2.24) is 0 Å². The van der Waals surface area contributed by atoms with Gasteiger partial charge in [-0.1, -0.05) is 26.0 Å². The Morgan fingerprint density at radius 3 is 2.26 bits per heavy atom. The highest BCUT2D eigenvalue weighted by Gasteiger charge is 2.30. The van der Waals surface area contributed by atoms with E-state index in [1.807, 2.05) is 13.8 Å². The first-order chi connectivity index (χ1) is 8.87. The van der Waals surface area contributed by atoms with Gasteiger partial charge < -0.3 is 10.5 Å². The average molecular weight is 275 g/mol. The molecule has 0 saturated carbocycles. The number of hydrogen-bond acceptors (Lipinski definition) is 2. The summed E-state index contributed by atoms with van der Waals surface area (Å²) < 4.78 is 43.5. The summed E-state index contributed by atoms with van der Waals surface area (Å²) in [4.78, 5) is 0. The first kappa shape index (κ1) is 16.0. The summed E-state index contributed by atoms with van der Waals surface area (Å²) in [6.07, 6.45) is -2.85. The van der Waals surface area contributed by atoms with Crippen LogP contribution < -0.4 is 5.73 Å². The van der Waals surface area contributed by atoms with Gasteiger partial charge in [-0.3, -0.25) is 0 Å². The molecule has 0 saturated heterocycles. The number of rotatable bonds is 6. The lowest BCUT2D eigenvalue weighted by Crippen LogP contribution is -2.39. The zero-order chi connectivity index (χ0) is 14.5.